The summed E-state index contributed by atoms with van der Waals surface area (Å²) in [5, 5.41) is 30.6. The molecule has 0 aromatic carbocycles. The molecular formula is C9H14N2O6S2. The van der Waals surface area contributed by atoms with Crippen LogP contribution in [-0.2, 0) is 14.4 Å². The summed E-state index contributed by atoms with van der Waals surface area (Å²) in [5.41, 5.74) is 0. The molecule has 0 saturated heterocycles. The molecule has 0 spiro atoms. The van der Waals surface area contributed by atoms with Gasteiger partial charge in [-0.05, 0) is 18.6 Å². The molecule has 10 heteroatoms. The third-order valence-corrected chi connectivity index (χ3v) is 2.64. The quantitative estimate of drug-likeness (QED) is 0.250. The van der Waals surface area contributed by atoms with E-state index in [1.807, 2.05) is 0 Å². The molecule has 0 aliphatic heterocycles. The van der Waals surface area contributed by atoms with E-state index in [1.165, 1.54) is 0 Å². The zero-order valence-electron chi connectivity index (χ0n) is 9.70. The molecule has 0 aromatic rings. The highest BCUT2D eigenvalue weighted by Gasteiger charge is 2.22. The normalized spacial score (nSPS) is 13.1. The number of hydrogen-bond donors (Lipinski definition) is 6. The lowest BCUT2D eigenvalue weighted by Gasteiger charge is -2.19. The van der Waals surface area contributed by atoms with Crippen LogP contribution in [0.1, 0.15) is 12.8 Å². The molecule has 0 amide bonds. The Labute approximate surface area is 119 Å². The van der Waals surface area contributed by atoms with E-state index >= 15 is 0 Å². The van der Waals surface area contributed by atoms with Crippen LogP contribution < -0.4 is 10.6 Å². The lowest BCUT2D eigenvalue weighted by Crippen LogP contribution is -2.51. The third-order valence-electron chi connectivity index (χ3n) is 2.04. The van der Waals surface area contributed by atoms with Crippen molar-refractivity contribution in [3.8, 4) is 0 Å². The minimum absolute atomic E-state index is 0.0377. The standard InChI is InChI=1S/C9H14N2O6S2/c12-6(13)2-1-4(7(14)15)10-9(19)11-5(3-18)8(16)17/h4-5,18H,1-3H2,(H,12,13)(H,14,15)(H,16,17)(H2,10,11,19)/t4-,5-/m0/s1. The SMILES string of the molecule is O=C(O)CC[C@H](NC(=S)N[C@@H](CS)C(=O)O)C(=O)O. The number of carboxylic acids is 3. The van der Waals surface area contributed by atoms with E-state index in [9.17, 15) is 14.4 Å². The summed E-state index contributed by atoms with van der Waals surface area (Å²) in [5.74, 6) is -3.63. The van der Waals surface area contributed by atoms with E-state index in [2.05, 4.69) is 23.3 Å². The molecule has 0 unspecified atom stereocenters. The van der Waals surface area contributed by atoms with Gasteiger partial charge in [0.05, 0.1) is 0 Å². The van der Waals surface area contributed by atoms with E-state index in [0.717, 1.165) is 0 Å². The van der Waals surface area contributed by atoms with E-state index in [0.29, 0.717) is 0 Å². The van der Waals surface area contributed by atoms with Gasteiger partial charge in [0, 0.05) is 12.2 Å². The Morgan fingerprint density at radius 3 is 1.89 bits per heavy atom. The summed E-state index contributed by atoms with van der Waals surface area (Å²) in [6.07, 6.45) is -0.521. The van der Waals surface area contributed by atoms with Crippen LogP contribution in [0.25, 0.3) is 0 Å². The maximum atomic E-state index is 10.9. The van der Waals surface area contributed by atoms with Gasteiger partial charge in [-0.2, -0.15) is 12.6 Å². The van der Waals surface area contributed by atoms with E-state index in [-0.39, 0.29) is 23.7 Å². The van der Waals surface area contributed by atoms with Crippen LogP contribution in [0.15, 0.2) is 0 Å². The molecule has 0 aromatic heterocycles. The maximum Gasteiger partial charge on any atom is 0.327 e. The molecule has 0 fully saturated rings. The zero-order valence-corrected chi connectivity index (χ0v) is 11.4. The molecule has 19 heavy (non-hydrogen) atoms. The summed E-state index contributed by atoms with van der Waals surface area (Å²) in [4.78, 5) is 31.9. The van der Waals surface area contributed by atoms with Crippen molar-refractivity contribution >= 4 is 47.9 Å². The number of thiol groups is 1. The van der Waals surface area contributed by atoms with Gasteiger partial charge in [0.15, 0.2) is 5.11 Å². The molecule has 2 atom stereocenters. The van der Waals surface area contributed by atoms with Crippen LogP contribution in [0.5, 0.6) is 0 Å². The second kappa shape index (κ2) is 8.53. The lowest BCUT2D eigenvalue weighted by molar-refractivity contribution is -0.140. The van der Waals surface area contributed by atoms with Gasteiger partial charge < -0.3 is 26.0 Å². The molecule has 0 bridgehead atoms. The Morgan fingerprint density at radius 2 is 1.53 bits per heavy atom. The summed E-state index contributed by atoms with van der Waals surface area (Å²) in [6, 6.07) is -2.26. The number of carbonyl (C=O) groups is 3. The highest BCUT2D eigenvalue weighted by Crippen LogP contribution is 1.98. The van der Waals surface area contributed by atoms with E-state index in [4.69, 9.17) is 27.5 Å². The molecule has 0 radical (unpaired) electrons. The number of rotatable bonds is 8. The lowest BCUT2D eigenvalue weighted by atomic mass is 10.1. The van der Waals surface area contributed by atoms with Crippen molar-refractivity contribution in [1.29, 1.82) is 0 Å². The number of carboxylic acid groups (broad SMARTS) is 3. The van der Waals surface area contributed by atoms with Gasteiger partial charge in [-0.15, -0.1) is 0 Å². The molecule has 0 rings (SSSR count). The zero-order chi connectivity index (χ0) is 15.0. The van der Waals surface area contributed by atoms with Gasteiger partial charge in [0.1, 0.15) is 12.1 Å². The molecule has 108 valence electrons. The van der Waals surface area contributed by atoms with Gasteiger partial charge in [0.2, 0.25) is 0 Å². The molecule has 8 nitrogen and oxygen atoms in total. The average Bonchev–Trinajstić information content (AvgIpc) is 2.30. The summed E-state index contributed by atoms with van der Waals surface area (Å²) in [7, 11) is 0. The van der Waals surface area contributed by atoms with Gasteiger partial charge in [-0.1, -0.05) is 0 Å². The van der Waals surface area contributed by atoms with Crippen LogP contribution in [0.3, 0.4) is 0 Å². The third kappa shape index (κ3) is 7.47. The van der Waals surface area contributed by atoms with Crippen LogP contribution in [0.2, 0.25) is 0 Å². The molecule has 0 saturated carbocycles. The highest BCUT2D eigenvalue weighted by molar-refractivity contribution is 7.80. The Morgan fingerprint density at radius 1 is 1.05 bits per heavy atom. The smallest absolute Gasteiger partial charge is 0.327 e. The highest BCUT2D eigenvalue weighted by atomic mass is 32.1. The summed E-state index contributed by atoms with van der Waals surface area (Å²) in [6.45, 7) is 0. The van der Waals surface area contributed by atoms with Gasteiger partial charge in [-0.25, -0.2) is 9.59 Å². The van der Waals surface area contributed by atoms with E-state index in [1.54, 1.807) is 0 Å². The Bertz CT molecular complexity index is 376. The summed E-state index contributed by atoms with van der Waals surface area (Å²) >= 11 is 8.57. The first-order valence-electron chi connectivity index (χ1n) is 5.13. The topological polar surface area (TPSA) is 136 Å². The maximum absolute atomic E-state index is 10.9. The summed E-state index contributed by atoms with van der Waals surface area (Å²) < 4.78 is 0. The first kappa shape index (κ1) is 17.4. The number of hydrogen-bond acceptors (Lipinski definition) is 5. The van der Waals surface area contributed by atoms with Crippen LogP contribution in [0.4, 0.5) is 0 Å². The minimum Gasteiger partial charge on any atom is -0.481 e. The van der Waals surface area contributed by atoms with Crippen molar-refractivity contribution in [1.82, 2.24) is 10.6 Å². The fourth-order valence-corrected chi connectivity index (χ4v) is 1.60. The Hall–Kier alpha value is -1.55. The van der Waals surface area contributed by atoms with Crippen LogP contribution in [-0.4, -0.2) is 56.2 Å². The average molecular weight is 310 g/mol. The van der Waals surface area contributed by atoms with Crippen molar-refractivity contribution in [3.63, 3.8) is 0 Å². The predicted molar refractivity (Wildman–Crippen MR) is 72.4 cm³/mol. The second-order valence-corrected chi connectivity index (χ2v) is 4.29. The van der Waals surface area contributed by atoms with Crippen LogP contribution in [0, 0.1) is 0 Å². The minimum atomic E-state index is -1.27. The van der Waals surface area contributed by atoms with Crippen molar-refractivity contribution in [2.75, 3.05) is 5.75 Å². The predicted octanol–water partition coefficient (Wildman–Crippen LogP) is -0.848. The second-order valence-electron chi connectivity index (χ2n) is 3.51. The van der Waals surface area contributed by atoms with Crippen molar-refractivity contribution in [2.24, 2.45) is 0 Å². The van der Waals surface area contributed by atoms with Gasteiger partial charge in [-0.3, -0.25) is 4.79 Å². The van der Waals surface area contributed by atoms with Crippen molar-refractivity contribution in [2.45, 2.75) is 24.9 Å². The Balaban J connectivity index is 4.42. The number of nitrogens with one attached hydrogen (secondary N) is 2. The number of aliphatic carboxylic acids is 3. The van der Waals surface area contributed by atoms with Crippen LogP contribution >= 0.6 is 24.8 Å². The largest absolute Gasteiger partial charge is 0.481 e. The molecule has 5 N–H and O–H groups in total. The van der Waals surface area contributed by atoms with Crippen molar-refractivity contribution < 1.29 is 29.7 Å². The molecule has 0 heterocycles. The van der Waals surface area contributed by atoms with Crippen molar-refractivity contribution in [3.05, 3.63) is 0 Å². The molecule has 0 aliphatic rings. The molecule has 0 aliphatic carbocycles. The Kier molecular flexibility index (Phi) is 7.84. The van der Waals surface area contributed by atoms with Gasteiger partial charge >= 0.3 is 17.9 Å². The van der Waals surface area contributed by atoms with E-state index < -0.39 is 30.0 Å². The first-order valence-corrected chi connectivity index (χ1v) is 6.17. The fourth-order valence-electron chi connectivity index (χ4n) is 1.07. The number of thiocarbonyl (C=S) groups is 1. The van der Waals surface area contributed by atoms with Gasteiger partial charge in [0.25, 0.3) is 0 Å². The fraction of sp³-hybridized carbons (Fsp3) is 0.556. The first-order chi connectivity index (χ1) is 8.77. The molecular weight excluding hydrogens is 296 g/mol. The monoisotopic (exact) mass is 310 g/mol.